The van der Waals surface area contributed by atoms with Crippen molar-refractivity contribution in [3.63, 3.8) is 0 Å². The fourth-order valence-corrected chi connectivity index (χ4v) is 0. The molecule has 0 atom stereocenters. The van der Waals surface area contributed by atoms with Crippen molar-refractivity contribution in [2.45, 2.75) is 0 Å². The second kappa shape index (κ2) is 5.47. The van der Waals surface area contributed by atoms with Crippen molar-refractivity contribution in [1.29, 1.82) is 0 Å². The Morgan fingerprint density at radius 2 is 1.83 bits per heavy atom. The van der Waals surface area contributed by atoms with E-state index < -0.39 is 0 Å². The number of hydrogen-bond acceptors (Lipinski definition) is 1. The van der Waals surface area contributed by atoms with Crippen molar-refractivity contribution in [2.24, 2.45) is 0 Å². The average Bonchev–Trinajstić information content (AvgIpc) is 1.38. The molecule has 0 bridgehead atoms. The van der Waals surface area contributed by atoms with E-state index in [1.165, 1.54) is 4.90 Å². The van der Waals surface area contributed by atoms with E-state index in [4.69, 9.17) is 0 Å². The molecular formula is C3H8NNaO. The van der Waals surface area contributed by atoms with Gasteiger partial charge >= 0.3 is 29.6 Å². The van der Waals surface area contributed by atoms with Crippen LogP contribution in [0.15, 0.2) is 0 Å². The van der Waals surface area contributed by atoms with Gasteiger partial charge in [-0.1, -0.05) is 0 Å². The standard InChI is InChI=1S/C3H7NO.Na.H/c1-4(2)3-5;;/h3H,1-2H3;;/q;+1;-1. The van der Waals surface area contributed by atoms with Gasteiger partial charge in [-0.2, -0.15) is 0 Å². The Bertz CT molecular complexity index is 41.9. The molecule has 0 aliphatic carbocycles. The number of hydrogen-bond donors (Lipinski definition) is 0. The molecule has 2 nitrogen and oxygen atoms in total. The van der Waals surface area contributed by atoms with Crippen LogP contribution in [0, 0.1) is 0 Å². The summed E-state index contributed by atoms with van der Waals surface area (Å²) in [6.07, 6.45) is 0.750. The molecule has 0 saturated heterocycles. The zero-order chi connectivity index (χ0) is 4.28. The van der Waals surface area contributed by atoms with Gasteiger partial charge in [-0.05, 0) is 0 Å². The van der Waals surface area contributed by atoms with Gasteiger partial charge in [-0.15, -0.1) is 0 Å². The van der Waals surface area contributed by atoms with E-state index in [1.54, 1.807) is 14.1 Å². The Balaban J connectivity index is -0.0000000800. The van der Waals surface area contributed by atoms with Crippen LogP contribution >= 0.6 is 0 Å². The van der Waals surface area contributed by atoms with E-state index in [9.17, 15) is 4.79 Å². The predicted octanol–water partition coefficient (Wildman–Crippen LogP) is -3.18. The average molecular weight is 97.1 g/mol. The van der Waals surface area contributed by atoms with Gasteiger partial charge in [0.1, 0.15) is 0 Å². The quantitative estimate of drug-likeness (QED) is 0.249. The third-order valence-electron chi connectivity index (χ3n) is 0.211. The van der Waals surface area contributed by atoms with Crippen molar-refractivity contribution in [3.05, 3.63) is 0 Å². The minimum atomic E-state index is 0. The molecule has 32 valence electrons. The molecule has 0 rings (SSSR count). The van der Waals surface area contributed by atoms with Crippen LogP contribution < -0.4 is 29.6 Å². The van der Waals surface area contributed by atoms with Gasteiger partial charge < -0.3 is 6.33 Å². The summed E-state index contributed by atoms with van der Waals surface area (Å²) in [6.45, 7) is 0. The third-order valence-corrected chi connectivity index (χ3v) is 0.211. The van der Waals surface area contributed by atoms with Gasteiger partial charge in [-0.25, -0.2) is 0 Å². The smallest absolute Gasteiger partial charge is 1.00 e. The van der Waals surface area contributed by atoms with Crippen LogP contribution in [0.4, 0.5) is 0 Å². The first-order valence-electron chi connectivity index (χ1n) is 1.39. The number of rotatable bonds is 1. The summed E-state index contributed by atoms with van der Waals surface area (Å²) in [5.74, 6) is 0. The summed E-state index contributed by atoms with van der Waals surface area (Å²) in [4.78, 5) is 10.9. The molecule has 6 heavy (non-hydrogen) atoms. The second-order valence-corrected chi connectivity index (χ2v) is 1.07. The maximum atomic E-state index is 9.43. The Kier molecular flexibility index (Phi) is 8.83. The third kappa shape index (κ3) is 8.82. The van der Waals surface area contributed by atoms with Crippen LogP contribution in [0.25, 0.3) is 0 Å². The fourth-order valence-electron chi connectivity index (χ4n) is 0. The van der Waals surface area contributed by atoms with Crippen LogP contribution in [-0.2, 0) is 4.79 Å². The summed E-state index contributed by atoms with van der Waals surface area (Å²) in [7, 11) is 3.38. The van der Waals surface area contributed by atoms with Gasteiger partial charge in [0, 0.05) is 14.1 Å². The van der Waals surface area contributed by atoms with Gasteiger partial charge in [0.2, 0.25) is 6.41 Å². The largest absolute Gasteiger partial charge is 1.00 e. The Labute approximate surface area is 61.3 Å². The van der Waals surface area contributed by atoms with E-state index in [0.717, 1.165) is 6.41 Å². The normalized spacial score (nSPS) is 5.67. The Hall–Kier alpha value is 0.470. The zero-order valence-corrected chi connectivity index (χ0v) is 6.43. The molecule has 0 spiro atoms. The molecule has 0 heterocycles. The summed E-state index contributed by atoms with van der Waals surface area (Å²) < 4.78 is 0. The van der Waals surface area contributed by atoms with E-state index in [1.807, 2.05) is 0 Å². The first-order valence-corrected chi connectivity index (χ1v) is 1.39. The van der Waals surface area contributed by atoms with Crippen LogP contribution in [0.1, 0.15) is 1.43 Å². The van der Waals surface area contributed by atoms with Crippen LogP contribution in [0.2, 0.25) is 0 Å². The molecule has 0 aromatic heterocycles. The summed E-state index contributed by atoms with van der Waals surface area (Å²) in [5, 5.41) is 0. The number of carbonyl (C=O) groups excluding carboxylic acids is 1. The molecule has 3 heteroatoms. The second-order valence-electron chi connectivity index (χ2n) is 1.07. The van der Waals surface area contributed by atoms with Gasteiger partial charge in [0.05, 0.1) is 0 Å². The minimum Gasteiger partial charge on any atom is -1.00 e. The van der Waals surface area contributed by atoms with Crippen molar-refractivity contribution >= 4 is 6.41 Å². The molecular weight excluding hydrogens is 89.0 g/mol. The van der Waals surface area contributed by atoms with Crippen molar-refractivity contribution in [3.8, 4) is 0 Å². The fraction of sp³-hybridized carbons (Fsp3) is 0.667. The van der Waals surface area contributed by atoms with Crippen molar-refractivity contribution in [1.82, 2.24) is 4.90 Å². The maximum absolute atomic E-state index is 9.43. The monoisotopic (exact) mass is 97.1 g/mol. The van der Waals surface area contributed by atoms with E-state index in [-0.39, 0.29) is 31.0 Å². The summed E-state index contributed by atoms with van der Waals surface area (Å²) in [6, 6.07) is 0. The molecule has 0 aliphatic heterocycles. The maximum Gasteiger partial charge on any atom is 1.00 e. The van der Waals surface area contributed by atoms with E-state index in [2.05, 4.69) is 0 Å². The number of nitrogens with zero attached hydrogens (tertiary/aromatic N) is 1. The van der Waals surface area contributed by atoms with Crippen molar-refractivity contribution in [2.75, 3.05) is 14.1 Å². The molecule has 0 aliphatic rings. The molecule has 0 unspecified atom stereocenters. The topological polar surface area (TPSA) is 20.3 Å². The van der Waals surface area contributed by atoms with Gasteiger partial charge in [-0.3, -0.25) is 4.79 Å². The molecule has 1 amide bonds. The van der Waals surface area contributed by atoms with Crippen molar-refractivity contribution < 1.29 is 35.8 Å². The first-order chi connectivity index (χ1) is 2.27. The Morgan fingerprint density at radius 1 is 1.67 bits per heavy atom. The first kappa shape index (κ1) is 9.69. The van der Waals surface area contributed by atoms with E-state index >= 15 is 0 Å². The molecule has 0 fully saturated rings. The summed E-state index contributed by atoms with van der Waals surface area (Å²) >= 11 is 0. The predicted molar refractivity (Wildman–Crippen MR) is 20.9 cm³/mol. The minimum absolute atomic E-state index is 0. The molecule has 0 aromatic carbocycles. The number of carbonyl (C=O) groups is 1. The summed E-state index contributed by atoms with van der Waals surface area (Å²) in [5.41, 5.74) is 0. The van der Waals surface area contributed by atoms with Gasteiger partial charge in [0.15, 0.2) is 0 Å². The van der Waals surface area contributed by atoms with Gasteiger partial charge in [0.25, 0.3) is 0 Å². The Morgan fingerprint density at radius 3 is 1.83 bits per heavy atom. The SMILES string of the molecule is CN(C)C=O.[H-].[Na+]. The van der Waals surface area contributed by atoms with Crippen LogP contribution in [0.3, 0.4) is 0 Å². The molecule has 0 aromatic rings. The van der Waals surface area contributed by atoms with Crippen LogP contribution in [0.5, 0.6) is 0 Å². The zero-order valence-electron chi connectivity index (χ0n) is 5.43. The number of amides is 1. The van der Waals surface area contributed by atoms with E-state index in [0.29, 0.717) is 0 Å². The molecule has 0 saturated carbocycles. The van der Waals surface area contributed by atoms with Crippen LogP contribution in [-0.4, -0.2) is 25.4 Å². The molecule has 0 N–H and O–H groups in total. The molecule has 0 radical (unpaired) electrons.